The fourth-order valence-corrected chi connectivity index (χ4v) is 0.886. The predicted octanol–water partition coefficient (Wildman–Crippen LogP) is 2.95. The molecule has 1 aromatic rings. The summed E-state index contributed by atoms with van der Waals surface area (Å²) >= 11 is 0. The Labute approximate surface area is 76.1 Å². The fourth-order valence-electron chi connectivity index (χ4n) is 0.886. The Hall–Kier alpha value is -1.38. The van der Waals surface area contributed by atoms with Crippen LogP contribution < -0.4 is 5.32 Å². The summed E-state index contributed by atoms with van der Waals surface area (Å²) in [6.07, 6.45) is 0. The van der Waals surface area contributed by atoms with Crippen molar-refractivity contribution in [2.24, 2.45) is 0 Å². The number of anilines is 1. The molecule has 0 heterocycles. The molecule has 0 aliphatic carbocycles. The molecular formula is C10H11F2N. The molecule has 1 N–H and O–H groups in total. The molecule has 0 amide bonds. The van der Waals surface area contributed by atoms with E-state index in [1.54, 1.807) is 0 Å². The van der Waals surface area contributed by atoms with Gasteiger partial charge in [-0.3, -0.25) is 0 Å². The minimum atomic E-state index is -0.844. The van der Waals surface area contributed by atoms with Gasteiger partial charge >= 0.3 is 0 Å². The molecule has 1 aromatic carbocycles. The van der Waals surface area contributed by atoms with Crippen LogP contribution in [0.1, 0.15) is 6.92 Å². The Balaban J connectivity index is 2.77. The highest BCUT2D eigenvalue weighted by atomic mass is 19.2. The van der Waals surface area contributed by atoms with Gasteiger partial charge in [0.2, 0.25) is 0 Å². The molecule has 0 aliphatic heterocycles. The van der Waals surface area contributed by atoms with Gasteiger partial charge in [-0.15, -0.1) is 0 Å². The molecule has 1 nitrogen and oxygen atoms in total. The Morgan fingerprint density at radius 2 is 2.15 bits per heavy atom. The van der Waals surface area contributed by atoms with Crippen LogP contribution in [0.4, 0.5) is 14.5 Å². The fraction of sp³-hybridized carbons (Fsp3) is 0.200. The first-order valence-corrected chi connectivity index (χ1v) is 3.93. The number of hydrogen-bond acceptors (Lipinski definition) is 1. The van der Waals surface area contributed by atoms with Gasteiger partial charge < -0.3 is 5.32 Å². The lowest BCUT2D eigenvalue weighted by molar-refractivity contribution is 0.511. The van der Waals surface area contributed by atoms with E-state index in [1.807, 2.05) is 6.92 Å². The van der Waals surface area contributed by atoms with Gasteiger partial charge in [-0.25, -0.2) is 8.78 Å². The van der Waals surface area contributed by atoms with Crippen LogP contribution in [0.25, 0.3) is 0 Å². The second-order valence-corrected chi connectivity index (χ2v) is 2.91. The zero-order valence-electron chi connectivity index (χ0n) is 7.40. The van der Waals surface area contributed by atoms with E-state index in [4.69, 9.17) is 0 Å². The highest BCUT2D eigenvalue weighted by molar-refractivity contribution is 5.45. The molecule has 0 bridgehead atoms. The molecule has 0 saturated carbocycles. The zero-order valence-corrected chi connectivity index (χ0v) is 7.40. The van der Waals surface area contributed by atoms with Crippen molar-refractivity contribution in [3.8, 4) is 0 Å². The number of hydrogen-bond donors (Lipinski definition) is 1. The summed E-state index contributed by atoms with van der Waals surface area (Å²) < 4.78 is 25.7. The zero-order chi connectivity index (χ0) is 9.84. The molecule has 70 valence electrons. The quantitative estimate of drug-likeness (QED) is 0.710. The first-order valence-electron chi connectivity index (χ1n) is 3.93. The standard InChI is InChI=1S/C10H11F2N/c1-7(2)6-13-9-5-3-4-8(11)10(9)12/h3-5,13H,1,6H2,2H3. The second kappa shape index (κ2) is 4.03. The van der Waals surface area contributed by atoms with Gasteiger partial charge in [0.05, 0.1) is 5.69 Å². The largest absolute Gasteiger partial charge is 0.379 e. The summed E-state index contributed by atoms with van der Waals surface area (Å²) in [4.78, 5) is 0. The van der Waals surface area contributed by atoms with E-state index in [1.165, 1.54) is 12.1 Å². The normalized spacial score (nSPS) is 9.77. The van der Waals surface area contributed by atoms with Crippen LogP contribution in [0.15, 0.2) is 30.4 Å². The SMILES string of the molecule is C=C(C)CNc1cccc(F)c1F. The van der Waals surface area contributed by atoms with E-state index >= 15 is 0 Å². The maximum Gasteiger partial charge on any atom is 0.181 e. The highest BCUT2D eigenvalue weighted by Gasteiger charge is 2.05. The minimum Gasteiger partial charge on any atom is -0.379 e. The molecule has 1 rings (SSSR count). The summed E-state index contributed by atoms with van der Waals surface area (Å²) in [5.41, 5.74) is 1.03. The van der Waals surface area contributed by atoms with Gasteiger partial charge in [0.15, 0.2) is 11.6 Å². The molecular weight excluding hydrogens is 172 g/mol. The number of nitrogens with one attached hydrogen (secondary N) is 1. The first kappa shape index (κ1) is 9.71. The average molecular weight is 183 g/mol. The lowest BCUT2D eigenvalue weighted by Gasteiger charge is -2.06. The van der Waals surface area contributed by atoms with Crippen LogP contribution >= 0.6 is 0 Å². The Morgan fingerprint density at radius 3 is 2.77 bits per heavy atom. The van der Waals surface area contributed by atoms with Gasteiger partial charge in [0.1, 0.15) is 0 Å². The Morgan fingerprint density at radius 1 is 1.46 bits per heavy atom. The molecule has 3 heteroatoms. The van der Waals surface area contributed by atoms with Crippen LogP contribution in [0.2, 0.25) is 0 Å². The molecule has 0 fully saturated rings. The summed E-state index contributed by atoms with van der Waals surface area (Å²) in [6.45, 7) is 5.90. The molecule has 0 radical (unpaired) electrons. The monoisotopic (exact) mass is 183 g/mol. The molecule has 0 unspecified atom stereocenters. The molecule has 0 saturated heterocycles. The third-order valence-corrected chi connectivity index (χ3v) is 1.53. The van der Waals surface area contributed by atoms with Gasteiger partial charge in [-0.1, -0.05) is 18.2 Å². The van der Waals surface area contributed by atoms with Crippen molar-refractivity contribution in [1.82, 2.24) is 0 Å². The molecule has 0 spiro atoms. The van der Waals surface area contributed by atoms with Crippen LogP contribution in [0, 0.1) is 11.6 Å². The average Bonchev–Trinajstić information content (AvgIpc) is 2.07. The van der Waals surface area contributed by atoms with Crippen LogP contribution in [0.3, 0.4) is 0 Å². The van der Waals surface area contributed by atoms with E-state index in [-0.39, 0.29) is 5.69 Å². The maximum atomic E-state index is 13.0. The first-order chi connectivity index (χ1) is 6.11. The van der Waals surface area contributed by atoms with Crippen LogP contribution in [0.5, 0.6) is 0 Å². The van der Waals surface area contributed by atoms with Gasteiger partial charge in [0.25, 0.3) is 0 Å². The van der Waals surface area contributed by atoms with Crippen molar-refractivity contribution >= 4 is 5.69 Å². The third kappa shape index (κ3) is 2.54. The molecule has 13 heavy (non-hydrogen) atoms. The topological polar surface area (TPSA) is 12.0 Å². The van der Waals surface area contributed by atoms with Crippen LogP contribution in [-0.4, -0.2) is 6.54 Å². The Kier molecular flexibility index (Phi) is 3.01. The van der Waals surface area contributed by atoms with E-state index in [0.717, 1.165) is 11.6 Å². The van der Waals surface area contributed by atoms with E-state index in [2.05, 4.69) is 11.9 Å². The lowest BCUT2D eigenvalue weighted by Crippen LogP contribution is -2.04. The van der Waals surface area contributed by atoms with Crippen LogP contribution in [-0.2, 0) is 0 Å². The van der Waals surface area contributed by atoms with E-state index < -0.39 is 11.6 Å². The van der Waals surface area contributed by atoms with E-state index in [0.29, 0.717) is 6.54 Å². The minimum absolute atomic E-state index is 0.169. The van der Waals surface area contributed by atoms with Crippen molar-refractivity contribution in [3.63, 3.8) is 0 Å². The van der Waals surface area contributed by atoms with E-state index in [9.17, 15) is 8.78 Å². The lowest BCUT2D eigenvalue weighted by atomic mass is 10.2. The second-order valence-electron chi connectivity index (χ2n) is 2.91. The summed E-state index contributed by atoms with van der Waals surface area (Å²) in [5.74, 6) is -1.68. The molecule has 0 atom stereocenters. The van der Waals surface area contributed by atoms with Gasteiger partial charge in [0, 0.05) is 6.54 Å². The summed E-state index contributed by atoms with van der Waals surface area (Å²) in [6, 6.07) is 4.03. The summed E-state index contributed by atoms with van der Waals surface area (Å²) in [5, 5.41) is 2.74. The van der Waals surface area contributed by atoms with Crippen molar-refractivity contribution in [1.29, 1.82) is 0 Å². The van der Waals surface area contributed by atoms with Gasteiger partial charge in [-0.2, -0.15) is 0 Å². The maximum absolute atomic E-state index is 13.0. The van der Waals surface area contributed by atoms with Gasteiger partial charge in [-0.05, 0) is 19.1 Å². The number of benzene rings is 1. The number of halogens is 2. The Bertz CT molecular complexity index is 321. The number of rotatable bonds is 3. The summed E-state index contributed by atoms with van der Waals surface area (Å²) in [7, 11) is 0. The molecule has 0 aliphatic rings. The highest BCUT2D eigenvalue weighted by Crippen LogP contribution is 2.16. The van der Waals surface area contributed by atoms with Crippen molar-refractivity contribution < 1.29 is 8.78 Å². The van der Waals surface area contributed by atoms with Crippen molar-refractivity contribution in [3.05, 3.63) is 42.0 Å². The van der Waals surface area contributed by atoms with Crippen molar-refractivity contribution in [2.75, 3.05) is 11.9 Å². The molecule has 0 aromatic heterocycles. The third-order valence-electron chi connectivity index (χ3n) is 1.53. The smallest absolute Gasteiger partial charge is 0.181 e. The predicted molar refractivity (Wildman–Crippen MR) is 49.7 cm³/mol. The van der Waals surface area contributed by atoms with Crippen molar-refractivity contribution in [2.45, 2.75) is 6.92 Å².